The van der Waals surface area contributed by atoms with Crippen LogP contribution < -0.4 is 0 Å². The van der Waals surface area contributed by atoms with E-state index in [-0.39, 0.29) is 23.7 Å². The highest BCUT2D eigenvalue weighted by molar-refractivity contribution is 8.13. The summed E-state index contributed by atoms with van der Waals surface area (Å²) in [7, 11) is 0. The molecule has 2 aliphatic heterocycles. The van der Waals surface area contributed by atoms with Gasteiger partial charge in [-0.15, -0.1) is 10.2 Å². The van der Waals surface area contributed by atoms with Gasteiger partial charge in [-0.2, -0.15) is 0 Å². The third kappa shape index (κ3) is 2.56. The van der Waals surface area contributed by atoms with E-state index in [1.807, 2.05) is 33.7 Å². The Morgan fingerprint density at radius 1 is 1.30 bits per heavy atom. The molecule has 0 spiro atoms. The molecule has 0 N–H and O–H groups in total. The zero-order chi connectivity index (χ0) is 15.8. The molecule has 0 radical (unpaired) electrons. The number of pyridine rings is 1. The van der Waals surface area contributed by atoms with Crippen molar-refractivity contribution in [3.05, 3.63) is 30.2 Å². The Bertz CT molecular complexity index is 761. The van der Waals surface area contributed by atoms with Crippen LogP contribution in [0.3, 0.4) is 0 Å². The summed E-state index contributed by atoms with van der Waals surface area (Å²) in [6.07, 6.45) is 3.75. The van der Waals surface area contributed by atoms with Gasteiger partial charge in [0, 0.05) is 25.0 Å². The van der Waals surface area contributed by atoms with Gasteiger partial charge >= 0.3 is 0 Å². The number of carbonyl (C=O) groups is 2. The predicted molar refractivity (Wildman–Crippen MR) is 86.1 cm³/mol. The summed E-state index contributed by atoms with van der Waals surface area (Å²) < 4.78 is 1.94. The molecule has 0 aromatic carbocycles. The highest BCUT2D eigenvalue weighted by Crippen LogP contribution is 2.31. The van der Waals surface area contributed by atoms with Gasteiger partial charge in [0.15, 0.2) is 11.5 Å². The Morgan fingerprint density at radius 2 is 2.22 bits per heavy atom. The molecular formula is C15H17N5O2S. The van der Waals surface area contributed by atoms with Crippen molar-refractivity contribution in [2.45, 2.75) is 18.9 Å². The van der Waals surface area contributed by atoms with Crippen molar-refractivity contribution in [2.24, 2.45) is 0 Å². The molecule has 7 nitrogen and oxygen atoms in total. The fourth-order valence-corrected chi connectivity index (χ4v) is 4.07. The molecule has 23 heavy (non-hydrogen) atoms. The van der Waals surface area contributed by atoms with E-state index in [4.69, 9.17) is 0 Å². The number of fused-ring (bicyclic) bond motifs is 1. The van der Waals surface area contributed by atoms with Gasteiger partial charge in [0.25, 0.3) is 5.24 Å². The number of likely N-dealkylation sites (tertiary alicyclic amines) is 1. The van der Waals surface area contributed by atoms with Crippen molar-refractivity contribution >= 4 is 28.6 Å². The molecule has 2 aliphatic rings. The van der Waals surface area contributed by atoms with Gasteiger partial charge < -0.3 is 9.80 Å². The summed E-state index contributed by atoms with van der Waals surface area (Å²) in [5, 5.41) is 8.47. The van der Waals surface area contributed by atoms with E-state index >= 15 is 0 Å². The summed E-state index contributed by atoms with van der Waals surface area (Å²) in [5.74, 6) is 1.56. The van der Waals surface area contributed by atoms with Gasteiger partial charge in [-0.1, -0.05) is 17.8 Å². The van der Waals surface area contributed by atoms with E-state index in [0.29, 0.717) is 13.1 Å². The minimum Gasteiger partial charge on any atom is -0.331 e. The van der Waals surface area contributed by atoms with E-state index in [1.54, 1.807) is 4.90 Å². The third-order valence-electron chi connectivity index (χ3n) is 4.38. The molecule has 0 aliphatic carbocycles. The molecule has 4 rings (SSSR count). The maximum Gasteiger partial charge on any atom is 0.282 e. The average molecular weight is 331 g/mol. The summed E-state index contributed by atoms with van der Waals surface area (Å²) >= 11 is 1.28. The second-order valence-corrected chi connectivity index (χ2v) is 6.81. The Balaban J connectivity index is 1.56. The van der Waals surface area contributed by atoms with Crippen LogP contribution in [0, 0.1) is 0 Å². The quantitative estimate of drug-likeness (QED) is 0.853. The fourth-order valence-electron chi connectivity index (χ4n) is 3.24. The van der Waals surface area contributed by atoms with E-state index < -0.39 is 0 Å². The number of thioether (sulfide) groups is 1. The molecule has 2 aromatic rings. The zero-order valence-corrected chi connectivity index (χ0v) is 13.4. The lowest BCUT2D eigenvalue weighted by Gasteiger charge is -2.25. The number of amides is 2. The number of rotatable bonds is 3. The van der Waals surface area contributed by atoms with E-state index in [9.17, 15) is 9.59 Å². The molecule has 8 heteroatoms. The van der Waals surface area contributed by atoms with Crippen molar-refractivity contribution in [2.75, 3.05) is 25.4 Å². The summed E-state index contributed by atoms with van der Waals surface area (Å²) in [6, 6.07) is 5.69. The van der Waals surface area contributed by atoms with Crippen LogP contribution in [0.25, 0.3) is 5.65 Å². The van der Waals surface area contributed by atoms with Gasteiger partial charge in [0.05, 0.1) is 6.04 Å². The minimum absolute atomic E-state index is 0.00187. The monoisotopic (exact) mass is 331 g/mol. The maximum atomic E-state index is 12.7. The SMILES string of the molecule is O=C1SCCN1CC(=O)N1CCCC1c1nnc2ccccn12. The second kappa shape index (κ2) is 5.84. The number of hydrogen-bond acceptors (Lipinski definition) is 5. The molecule has 0 saturated carbocycles. The van der Waals surface area contributed by atoms with Crippen LogP contribution in [-0.2, 0) is 4.79 Å². The molecule has 0 bridgehead atoms. The molecule has 2 saturated heterocycles. The van der Waals surface area contributed by atoms with Crippen LogP contribution in [-0.4, -0.2) is 60.9 Å². The number of hydrogen-bond donors (Lipinski definition) is 0. The average Bonchev–Trinajstić information content (AvgIpc) is 3.26. The van der Waals surface area contributed by atoms with Gasteiger partial charge in [-0.3, -0.25) is 14.0 Å². The molecule has 1 unspecified atom stereocenters. The van der Waals surface area contributed by atoms with E-state index in [0.717, 1.165) is 30.1 Å². The van der Waals surface area contributed by atoms with Crippen LogP contribution in [0.15, 0.2) is 24.4 Å². The predicted octanol–water partition coefficient (Wildman–Crippen LogP) is 1.56. The highest BCUT2D eigenvalue weighted by Gasteiger charge is 2.35. The zero-order valence-electron chi connectivity index (χ0n) is 12.6. The lowest BCUT2D eigenvalue weighted by atomic mass is 10.2. The largest absolute Gasteiger partial charge is 0.331 e. The first-order chi connectivity index (χ1) is 11.2. The Hall–Kier alpha value is -2.09. The number of carbonyl (C=O) groups excluding carboxylic acids is 2. The molecule has 120 valence electrons. The first-order valence-electron chi connectivity index (χ1n) is 7.75. The topological polar surface area (TPSA) is 70.8 Å². The van der Waals surface area contributed by atoms with Crippen LogP contribution in [0.1, 0.15) is 24.7 Å². The Labute approximate surface area is 137 Å². The molecular weight excluding hydrogens is 314 g/mol. The summed E-state index contributed by atoms with van der Waals surface area (Å²) in [6.45, 7) is 1.53. The van der Waals surface area contributed by atoms with Crippen LogP contribution in [0.2, 0.25) is 0 Å². The fraction of sp³-hybridized carbons (Fsp3) is 0.467. The van der Waals surface area contributed by atoms with Crippen molar-refractivity contribution in [3.63, 3.8) is 0 Å². The van der Waals surface area contributed by atoms with Gasteiger partial charge in [-0.05, 0) is 25.0 Å². The van der Waals surface area contributed by atoms with E-state index in [1.165, 1.54) is 11.8 Å². The van der Waals surface area contributed by atoms with Gasteiger partial charge in [0.1, 0.15) is 6.54 Å². The number of aromatic nitrogens is 3. The Kier molecular flexibility index (Phi) is 3.68. The first kappa shape index (κ1) is 14.5. The summed E-state index contributed by atoms with van der Waals surface area (Å²) in [4.78, 5) is 27.8. The molecule has 1 atom stereocenters. The lowest BCUT2D eigenvalue weighted by Crippen LogP contribution is -2.40. The smallest absolute Gasteiger partial charge is 0.282 e. The molecule has 4 heterocycles. The third-order valence-corrected chi connectivity index (χ3v) is 5.27. The van der Waals surface area contributed by atoms with Crippen LogP contribution in [0.5, 0.6) is 0 Å². The Morgan fingerprint density at radius 3 is 3.04 bits per heavy atom. The normalized spacial score (nSPS) is 21.6. The van der Waals surface area contributed by atoms with Crippen LogP contribution in [0.4, 0.5) is 4.79 Å². The molecule has 2 fully saturated rings. The van der Waals surface area contributed by atoms with Gasteiger partial charge in [0.2, 0.25) is 5.91 Å². The standard InChI is InChI=1S/C15H17N5O2S/c21-13(10-18-8-9-23-15(18)22)19-7-3-4-11(19)14-17-16-12-5-1-2-6-20(12)14/h1-2,5-6,11H,3-4,7-10H2. The molecule has 2 amide bonds. The number of nitrogens with zero attached hydrogens (tertiary/aromatic N) is 5. The van der Waals surface area contributed by atoms with E-state index in [2.05, 4.69) is 10.2 Å². The summed E-state index contributed by atoms with van der Waals surface area (Å²) in [5.41, 5.74) is 0.785. The lowest BCUT2D eigenvalue weighted by molar-refractivity contribution is -0.132. The van der Waals surface area contributed by atoms with Gasteiger partial charge in [-0.25, -0.2) is 0 Å². The first-order valence-corrected chi connectivity index (χ1v) is 8.73. The van der Waals surface area contributed by atoms with Crippen molar-refractivity contribution < 1.29 is 9.59 Å². The maximum absolute atomic E-state index is 12.7. The highest BCUT2D eigenvalue weighted by atomic mass is 32.2. The molecule has 2 aromatic heterocycles. The van der Waals surface area contributed by atoms with Crippen molar-refractivity contribution in [1.29, 1.82) is 0 Å². The van der Waals surface area contributed by atoms with Crippen LogP contribution >= 0.6 is 11.8 Å². The second-order valence-electron chi connectivity index (χ2n) is 5.77. The van der Waals surface area contributed by atoms with Crippen molar-refractivity contribution in [1.82, 2.24) is 24.4 Å². The minimum atomic E-state index is -0.0646. The van der Waals surface area contributed by atoms with Crippen molar-refractivity contribution in [3.8, 4) is 0 Å².